The summed E-state index contributed by atoms with van der Waals surface area (Å²) in [5, 5.41) is 0. The van der Waals surface area contributed by atoms with E-state index in [1.807, 2.05) is 24.3 Å². The highest BCUT2D eigenvalue weighted by Gasteiger charge is 2.12. The molecule has 0 bridgehead atoms. The van der Waals surface area contributed by atoms with Gasteiger partial charge in [-0.25, -0.2) is 0 Å². The Bertz CT molecular complexity index is 713. The Labute approximate surface area is 120 Å². The number of esters is 1. The molecular weight excluding hydrogens is 276 g/mol. The van der Waals surface area contributed by atoms with Gasteiger partial charge in [-0.15, -0.1) is 0 Å². The standard InChI is InChI=1S/C14H16N2O3S/c1-9(2)13(18)15-14-16(8-12(17)19-3)10-6-4-5-7-11(10)20-14/h4-7,9H,8H2,1-3H3. The smallest absolute Gasteiger partial charge is 0.325 e. The molecule has 0 aliphatic heterocycles. The fraction of sp³-hybridized carbons (Fsp3) is 0.357. The zero-order chi connectivity index (χ0) is 14.7. The van der Waals surface area contributed by atoms with Crippen molar-refractivity contribution in [3.8, 4) is 0 Å². The summed E-state index contributed by atoms with van der Waals surface area (Å²) in [5.74, 6) is -0.742. The molecule has 106 valence electrons. The van der Waals surface area contributed by atoms with Crippen molar-refractivity contribution in [3.05, 3.63) is 29.1 Å². The van der Waals surface area contributed by atoms with Crippen molar-refractivity contribution < 1.29 is 14.3 Å². The van der Waals surface area contributed by atoms with E-state index in [2.05, 4.69) is 4.99 Å². The largest absolute Gasteiger partial charge is 0.468 e. The molecule has 0 saturated carbocycles. The first-order valence-electron chi connectivity index (χ1n) is 6.26. The molecule has 1 amide bonds. The molecule has 0 fully saturated rings. The average Bonchev–Trinajstić information content (AvgIpc) is 2.76. The van der Waals surface area contributed by atoms with E-state index in [0.717, 1.165) is 10.2 Å². The Balaban J connectivity index is 2.60. The fourth-order valence-corrected chi connectivity index (χ4v) is 2.71. The van der Waals surface area contributed by atoms with E-state index in [4.69, 9.17) is 4.74 Å². The molecule has 1 aromatic carbocycles. The number of hydrogen-bond acceptors (Lipinski definition) is 4. The molecule has 5 nitrogen and oxygen atoms in total. The van der Waals surface area contributed by atoms with Crippen LogP contribution in [0.4, 0.5) is 0 Å². The van der Waals surface area contributed by atoms with Crippen LogP contribution in [-0.4, -0.2) is 23.6 Å². The number of benzene rings is 1. The molecule has 1 heterocycles. The zero-order valence-corrected chi connectivity index (χ0v) is 12.4. The van der Waals surface area contributed by atoms with Crippen LogP contribution >= 0.6 is 11.3 Å². The van der Waals surface area contributed by atoms with E-state index in [0.29, 0.717) is 4.80 Å². The van der Waals surface area contributed by atoms with Gasteiger partial charge >= 0.3 is 5.97 Å². The molecule has 0 atom stereocenters. The van der Waals surface area contributed by atoms with Gasteiger partial charge in [0, 0.05) is 5.92 Å². The third kappa shape index (κ3) is 2.96. The van der Waals surface area contributed by atoms with Crippen LogP contribution in [0.25, 0.3) is 10.2 Å². The first-order valence-corrected chi connectivity index (χ1v) is 7.08. The maximum absolute atomic E-state index is 11.8. The average molecular weight is 292 g/mol. The number of aromatic nitrogens is 1. The highest BCUT2D eigenvalue weighted by Crippen LogP contribution is 2.16. The Morgan fingerprint density at radius 1 is 1.35 bits per heavy atom. The molecule has 0 radical (unpaired) electrons. The van der Waals surface area contributed by atoms with Crippen LogP contribution in [0.3, 0.4) is 0 Å². The van der Waals surface area contributed by atoms with E-state index < -0.39 is 0 Å². The van der Waals surface area contributed by atoms with Crippen LogP contribution in [-0.2, 0) is 20.9 Å². The van der Waals surface area contributed by atoms with Gasteiger partial charge in [0.1, 0.15) is 6.54 Å². The predicted molar refractivity (Wildman–Crippen MR) is 77.2 cm³/mol. The lowest BCUT2D eigenvalue weighted by Crippen LogP contribution is -2.23. The second-order valence-electron chi connectivity index (χ2n) is 4.62. The predicted octanol–water partition coefficient (Wildman–Crippen LogP) is 1.96. The molecule has 0 aliphatic carbocycles. The molecule has 20 heavy (non-hydrogen) atoms. The summed E-state index contributed by atoms with van der Waals surface area (Å²) in [5.41, 5.74) is 0.873. The summed E-state index contributed by atoms with van der Waals surface area (Å²) < 4.78 is 7.39. The molecule has 0 spiro atoms. The van der Waals surface area contributed by atoms with Gasteiger partial charge < -0.3 is 9.30 Å². The van der Waals surface area contributed by atoms with Gasteiger partial charge in [-0.3, -0.25) is 9.59 Å². The van der Waals surface area contributed by atoms with Gasteiger partial charge in [-0.1, -0.05) is 37.3 Å². The molecule has 2 rings (SSSR count). The Morgan fingerprint density at radius 2 is 2.05 bits per heavy atom. The molecular formula is C14H16N2O3S. The van der Waals surface area contributed by atoms with Gasteiger partial charge in [-0.2, -0.15) is 4.99 Å². The minimum absolute atomic E-state index is 0.0464. The number of methoxy groups -OCH3 is 1. The van der Waals surface area contributed by atoms with Gasteiger partial charge in [0.25, 0.3) is 5.91 Å². The van der Waals surface area contributed by atoms with Crippen LogP contribution in [0.2, 0.25) is 0 Å². The quantitative estimate of drug-likeness (QED) is 0.812. The molecule has 0 N–H and O–H groups in total. The summed E-state index contributed by atoms with van der Waals surface area (Å²) in [6.07, 6.45) is 0. The first kappa shape index (κ1) is 14.5. The van der Waals surface area contributed by atoms with Gasteiger partial charge in [0.15, 0.2) is 4.80 Å². The minimum Gasteiger partial charge on any atom is -0.468 e. The number of carbonyl (C=O) groups is 2. The summed E-state index contributed by atoms with van der Waals surface area (Å²) in [6, 6.07) is 7.63. The van der Waals surface area contributed by atoms with Crippen LogP contribution < -0.4 is 4.80 Å². The Kier molecular flexibility index (Phi) is 4.34. The van der Waals surface area contributed by atoms with Gasteiger partial charge in [-0.05, 0) is 12.1 Å². The minimum atomic E-state index is -0.369. The van der Waals surface area contributed by atoms with Gasteiger partial charge in [0.05, 0.1) is 17.3 Å². The lowest BCUT2D eigenvalue weighted by Gasteiger charge is -2.03. The highest BCUT2D eigenvalue weighted by molar-refractivity contribution is 7.16. The van der Waals surface area contributed by atoms with Crippen molar-refractivity contribution in [2.45, 2.75) is 20.4 Å². The van der Waals surface area contributed by atoms with Crippen LogP contribution in [0.15, 0.2) is 29.3 Å². The van der Waals surface area contributed by atoms with E-state index in [-0.39, 0.29) is 24.3 Å². The van der Waals surface area contributed by atoms with Crippen LogP contribution in [0.1, 0.15) is 13.8 Å². The fourth-order valence-electron chi connectivity index (χ4n) is 1.68. The lowest BCUT2D eigenvalue weighted by molar-refractivity contribution is -0.141. The number of nitrogens with zero attached hydrogens (tertiary/aromatic N) is 2. The van der Waals surface area contributed by atoms with Crippen molar-refractivity contribution in [3.63, 3.8) is 0 Å². The SMILES string of the molecule is COC(=O)Cn1c(=NC(=O)C(C)C)sc2ccccc21. The summed E-state index contributed by atoms with van der Waals surface area (Å²) >= 11 is 1.39. The normalized spacial score (nSPS) is 12.1. The summed E-state index contributed by atoms with van der Waals surface area (Å²) in [6.45, 7) is 3.64. The maximum atomic E-state index is 11.8. The number of fused-ring (bicyclic) bond motifs is 1. The highest BCUT2D eigenvalue weighted by atomic mass is 32.1. The molecule has 6 heteroatoms. The van der Waals surface area contributed by atoms with Crippen molar-refractivity contribution >= 4 is 33.4 Å². The molecule has 0 aliphatic rings. The summed E-state index contributed by atoms with van der Waals surface area (Å²) in [4.78, 5) is 28.0. The summed E-state index contributed by atoms with van der Waals surface area (Å²) in [7, 11) is 1.34. The van der Waals surface area contributed by atoms with E-state index in [1.165, 1.54) is 18.4 Å². The topological polar surface area (TPSA) is 60.7 Å². The third-order valence-corrected chi connectivity index (χ3v) is 3.86. The second-order valence-corrected chi connectivity index (χ2v) is 5.63. The van der Waals surface area contributed by atoms with Crippen molar-refractivity contribution in [2.24, 2.45) is 10.9 Å². The number of carbonyl (C=O) groups excluding carboxylic acids is 2. The first-order chi connectivity index (χ1) is 9.52. The number of ether oxygens (including phenoxy) is 1. The molecule has 0 unspecified atom stereocenters. The zero-order valence-electron chi connectivity index (χ0n) is 11.6. The Hall–Kier alpha value is -1.95. The third-order valence-electron chi connectivity index (χ3n) is 2.80. The number of para-hydroxylation sites is 1. The van der Waals surface area contributed by atoms with Crippen molar-refractivity contribution in [1.82, 2.24) is 4.57 Å². The number of thiazole rings is 1. The number of amides is 1. The van der Waals surface area contributed by atoms with Crippen LogP contribution in [0.5, 0.6) is 0 Å². The van der Waals surface area contributed by atoms with Crippen molar-refractivity contribution in [2.75, 3.05) is 7.11 Å². The number of rotatable bonds is 3. The maximum Gasteiger partial charge on any atom is 0.325 e. The molecule has 1 aromatic heterocycles. The Morgan fingerprint density at radius 3 is 2.70 bits per heavy atom. The van der Waals surface area contributed by atoms with Gasteiger partial charge in [0.2, 0.25) is 0 Å². The van der Waals surface area contributed by atoms with E-state index in [1.54, 1.807) is 18.4 Å². The molecule has 0 saturated heterocycles. The monoisotopic (exact) mass is 292 g/mol. The molecule has 2 aromatic rings. The second kappa shape index (κ2) is 6.00. The lowest BCUT2D eigenvalue weighted by atomic mass is 10.2. The number of hydrogen-bond donors (Lipinski definition) is 0. The van der Waals surface area contributed by atoms with E-state index >= 15 is 0 Å². The van der Waals surface area contributed by atoms with Crippen LogP contribution in [0, 0.1) is 5.92 Å². The van der Waals surface area contributed by atoms with Crippen molar-refractivity contribution in [1.29, 1.82) is 0 Å². The van der Waals surface area contributed by atoms with E-state index in [9.17, 15) is 9.59 Å².